The van der Waals surface area contributed by atoms with Gasteiger partial charge >= 0.3 is 0 Å². The lowest BCUT2D eigenvalue weighted by Gasteiger charge is -2.32. The average Bonchev–Trinajstić information content (AvgIpc) is 2.38. The number of hydrogen-bond acceptors (Lipinski definition) is 4. The van der Waals surface area contributed by atoms with Crippen LogP contribution in [0.25, 0.3) is 0 Å². The van der Waals surface area contributed by atoms with Crippen LogP contribution in [0.1, 0.15) is 19.0 Å². The Hall–Kier alpha value is -1.13. The molecule has 0 radical (unpaired) electrons. The Morgan fingerprint density at radius 3 is 3.12 bits per heavy atom. The van der Waals surface area contributed by atoms with Crippen molar-refractivity contribution in [1.82, 2.24) is 9.88 Å². The van der Waals surface area contributed by atoms with E-state index in [2.05, 4.69) is 16.8 Å². The molecule has 1 aliphatic rings. The molecular formula is C13H21N3O. The molecule has 2 heterocycles. The monoisotopic (exact) mass is 235 g/mol. The normalized spacial score (nSPS) is 21.6. The van der Waals surface area contributed by atoms with Crippen molar-refractivity contribution in [1.29, 1.82) is 0 Å². The quantitative estimate of drug-likeness (QED) is 0.855. The van der Waals surface area contributed by atoms with E-state index in [0.717, 1.165) is 50.5 Å². The number of pyridine rings is 1. The zero-order valence-corrected chi connectivity index (χ0v) is 10.4. The van der Waals surface area contributed by atoms with Crippen molar-refractivity contribution in [2.75, 3.05) is 32.0 Å². The maximum Gasteiger partial charge on any atom is 0.0700 e. The lowest BCUT2D eigenvalue weighted by atomic mass is 10.2. The van der Waals surface area contributed by atoms with Gasteiger partial charge in [0.25, 0.3) is 0 Å². The summed E-state index contributed by atoms with van der Waals surface area (Å²) in [5, 5.41) is 0. The largest absolute Gasteiger partial charge is 0.397 e. The summed E-state index contributed by atoms with van der Waals surface area (Å²) in [6, 6.07) is 3.92. The van der Waals surface area contributed by atoms with Gasteiger partial charge in [-0.1, -0.05) is 6.92 Å². The van der Waals surface area contributed by atoms with Gasteiger partial charge in [-0.25, -0.2) is 0 Å². The zero-order valence-electron chi connectivity index (χ0n) is 10.4. The van der Waals surface area contributed by atoms with Crippen LogP contribution < -0.4 is 5.73 Å². The number of nitrogens with zero attached hydrogens (tertiary/aromatic N) is 2. The minimum atomic E-state index is 0.406. The second-order valence-electron chi connectivity index (χ2n) is 4.53. The maximum absolute atomic E-state index is 5.65. The summed E-state index contributed by atoms with van der Waals surface area (Å²) in [6.07, 6.45) is 4.21. The summed E-state index contributed by atoms with van der Waals surface area (Å²) in [7, 11) is 0. The van der Waals surface area contributed by atoms with E-state index in [9.17, 15) is 0 Å². The molecule has 0 amide bonds. The number of aromatic nitrogens is 1. The van der Waals surface area contributed by atoms with E-state index in [1.807, 2.05) is 12.1 Å². The third kappa shape index (κ3) is 3.68. The molecule has 0 aliphatic carbocycles. The first-order valence-corrected chi connectivity index (χ1v) is 6.32. The molecule has 1 fully saturated rings. The standard InChI is InChI=1S/C13H21N3O/c1-2-13-10-16(7-8-17-13)6-5-12-4-3-11(14)9-15-12/h3-4,9,13H,2,5-8,10,14H2,1H3. The molecule has 2 N–H and O–H groups in total. The van der Waals surface area contributed by atoms with Crippen LogP contribution in [0.4, 0.5) is 5.69 Å². The number of ether oxygens (including phenoxy) is 1. The Balaban J connectivity index is 1.79. The molecule has 1 unspecified atom stereocenters. The molecule has 1 atom stereocenters. The van der Waals surface area contributed by atoms with Crippen LogP contribution in [0.15, 0.2) is 18.3 Å². The Morgan fingerprint density at radius 1 is 1.53 bits per heavy atom. The van der Waals surface area contributed by atoms with Gasteiger partial charge in [0, 0.05) is 31.7 Å². The Morgan fingerprint density at radius 2 is 2.41 bits per heavy atom. The summed E-state index contributed by atoms with van der Waals surface area (Å²) < 4.78 is 5.65. The Kier molecular flexibility index (Phi) is 4.34. The van der Waals surface area contributed by atoms with E-state index in [1.165, 1.54) is 0 Å². The van der Waals surface area contributed by atoms with Gasteiger partial charge in [0.05, 0.1) is 24.6 Å². The molecule has 4 nitrogen and oxygen atoms in total. The average molecular weight is 235 g/mol. The summed E-state index contributed by atoms with van der Waals surface area (Å²) in [5.41, 5.74) is 7.45. The molecular weight excluding hydrogens is 214 g/mol. The van der Waals surface area contributed by atoms with Crippen LogP contribution in [0.3, 0.4) is 0 Å². The number of anilines is 1. The van der Waals surface area contributed by atoms with Crippen LogP contribution in [0, 0.1) is 0 Å². The number of hydrogen-bond donors (Lipinski definition) is 1. The van der Waals surface area contributed by atoms with Crippen LogP contribution in [0.5, 0.6) is 0 Å². The molecule has 1 aliphatic heterocycles. The van der Waals surface area contributed by atoms with Crippen LogP contribution >= 0.6 is 0 Å². The van der Waals surface area contributed by atoms with E-state index in [0.29, 0.717) is 6.10 Å². The predicted octanol–water partition coefficient (Wildman–Crippen LogP) is 1.32. The summed E-state index contributed by atoms with van der Waals surface area (Å²) in [4.78, 5) is 6.77. The molecule has 94 valence electrons. The fourth-order valence-corrected chi connectivity index (χ4v) is 2.09. The van der Waals surface area contributed by atoms with Gasteiger partial charge in [0.2, 0.25) is 0 Å². The van der Waals surface area contributed by atoms with Gasteiger partial charge in [0.15, 0.2) is 0 Å². The highest BCUT2D eigenvalue weighted by atomic mass is 16.5. The highest BCUT2D eigenvalue weighted by Gasteiger charge is 2.18. The Labute approximate surface area is 103 Å². The van der Waals surface area contributed by atoms with Gasteiger partial charge in [-0.15, -0.1) is 0 Å². The first-order valence-electron chi connectivity index (χ1n) is 6.32. The molecule has 1 aromatic heterocycles. The molecule has 0 aromatic carbocycles. The van der Waals surface area contributed by atoms with Crippen molar-refractivity contribution >= 4 is 5.69 Å². The van der Waals surface area contributed by atoms with Gasteiger partial charge in [-0.05, 0) is 18.6 Å². The van der Waals surface area contributed by atoms with Crippen LogP contribution in [-0.4, -0.2) is 42.2 Å². The molecule has 1 saturated heterocycles. The maximum atomic E-state index is 5.65. The lowest BCUT2D eigenvalue weighted by molar-refractivity contribution is -0.0292. The molecule has 17 heavy (non-hydrogen) atoms. The fraction of sp³-hybridized carbons (Fsp3) is 0.615. The third-order valence-corrected chi connectivity index (χ3v) is 3.21. The molecule has 1 aromatic rings. The second kappa shape index (κ2) is 5.98. The molecule has 4 heteroatoms. The number of morpholine rings is 1. The third-order valence-electron chi connectivity index (χ3n) is 3.21. The molecule has 2 rings (SSSR count). The van der Waals surface area contributed by atoms with Crippen molar-refractivity contribution < 1.29 is 4.74 Å². The van der Waals surface area contributed by atoms with Gasteiger partial charge in [-0.2, -0.15) is 0 Å². The van der Waals surface area contributed by atoms with E-state index < -0.39 is 0 Å². The number of nitrogens with two attached hydrogens (primary N) is 1. The topological polar surface area (TPSA) is 51.4 Å². The van der Waals surface area contributed by atoms with Crippen molar-refractivity contribution in [3.05, 3.63) is 24.0 Å². The predicted molar refractivity (Wildman–Crippen MR) is 68.8 cm³/mol. The van der Waals surface area contributed by atoms with Crippen LogP contribution in [0.2, 0.25) is 0 Å². The van der Waals surface area contributed by atoms with Crippen molar-refractivity contribution in [2.24, 2.45) is 0 Å². The lowest BCUT2D eigenvalue weighted by Crippen LogP contribution is -2.43. The van der Waals surface area contributed by atoms with Crippen molar-refractivity contribution in [2.45, 2.75) is 25.9 Å². The van der Waals surface area contributed by atoms with Gasteiger partial charge < -0.3 is 10.5 Å². The molecule has 0 saturated carbocycles. The smallest absolute Gasteiger partial charge is 0.0700 e. The second-order valence-corrected chi connectivity index (χ2v) is 4.53. The van der Waals surface area contributed by atoms with E-state index in [4.69, 9.17) is 10.5 Å². The number of nitrogen functional groups attached to an aromatic ring is 1. The molecule has 0 spiro atoms. The first-order chi connectivity index (χ1) is 8.28. The number of rotatable bonds is 4. The van der Waals surface area contributed by atoms with Gasteiger partial charge in [0.1, 0.15) is 0 Å². The van der Waals surface area contributed by atoms with Gasteiger partial charge in [-0.3, -0.25) is 9.88 Å². The van der Waals surface area contributed by atoms with E-state index in [1.54, 1.807) is 6.20 Å². The zero-order chi connectivity index (χ0) is 12.1. The van der Waals surface area contributed by atoms with E-state index in [-0.39, 0.29) is 0 Å². The van der Waals surface area contributed by atoms with Crippen molar-refractivity contribution in [3.8, 4) is 0 Å². The summed E-state index contributed by atoms with van der Waals surface area (Å²) >= 11 is 0. The summed E-state index contributed by atoms with van der Waals surface area (Å²) in [6.45, 7) is 6.16. The highest BCUT2D eigenvalue weighted by molar-refractivity contribution is 5.34. The van der Waals surface area contributed by atoms with Crippen molar-refractivity contribution in [3.63, 3.8) is 0 Å². The summed E-state index contributed by atoms with van der Waals surface area (Å²) in [5.74, 6) is 0. The molecule has 0 bridgehead atoms. The fourth-order valence-electron chi connectivity index (χ4n) is 2.09. The minimum absolute atomic E-state index is 0.406. The van der Waals surface area contributed by atoms with Crippen LogP contribution in [-0.2, 0) is 11.2 Å². The Bertz CT molecular complexity index is 339. The SMILES string of the molecule is CCC1CN(CCc2ccc(N)cn2)CCO1. The minimum Gasteiger partial charge on any atom is -0.397 e. The first kappa shape index (κ1) is 12.3. The highest BCUT2D eigenvalue weighted by Crippen LogP contribution is 2.09. The van der Waals surface area contributed by atoms with E-state index >= 15 is 0 Å².